The lowest BCUT2D eigenvalue weighted by atomic mass is 10.0. The largest absolute Gasteiger partial charge is 0.325 e. The number of anilines is 2. The van der Waals surface area contributed by atoms with Crippen LogP contribution in [0.15, 0.2) is 108 Å². The molecule has 0 bridgehead atoms. The molecule has 4 aromatic carbocycles. The monoisotopic (exact) mass is 645 g/mol. The topological polar surface area (TPSA) is 87.3 Å². The second kappa shape index (κ2) is 15.6. The third-order valence-corrected chi connectivity index (χ3v) is 8.59. The Bertz CT molecular complexity index is 1660. The summed E-state index contributed by atoms with van der Waals surface area (Å²) in [5.41, 5.74) is 3.35. The zero-order chi connectivity index (χ0) is 31.6. The number of carbonyl (C=O) groups is 3. The summed E-state index contributed by atoms with van der Waals surface area (Å²) in [6.45, 7) is 6.21. The molecule has 0 radical (unpaired) electrons. The van der Waals surface area contributed by atoms with Crippen LogP contribution in [0.4, 0.5) is 11.4 Å². The molecule has 0 saturated heterocycles. The first-order valence-electron chi connectivity index (χ1n) is 14.1. The van der Waals surface area contributed by atoms with Crippen LogP contribution < -0.4 is 16.0 Å². The maximum Gasteiger partial charge on any atom is 0.272 e. The van der Waals surface area contributed by atoms with E-state index in [4.69, 9.17) is 23.2 Å². The molecular weight excluding hydrogens is 613 g/mol. The summed E-state index contributed by atoms with van der Waals surface area (Å²) in [5.74, 6) is -0.680. The molecule has 0 aliphatic rings. The van der Waals surface area contributed by atoms with Crippen LogP contribution in [0.25, 0.3) is 6.08 Å². The van der Waals surface area contributed by atoms with Crippen LogP contribution in [0.1, 0.15) is 54.6 Å². The Morgan fingerprint density at radius 2 is 1.55 bits per heavy atom. The van der Waals surface area contributed by atoms with E-state index in [0.29, 0.717) is 39.2 Å². The summed E-state index contributed by atoms with van der Waals surface area (Å²) >= 11 is 13.8. The van der Waals surface area contributed by atoms with E-state index >= 15 is 0 Å². The summed E-state index contributed by atoms with van der Waals surface area (Å²) in [7, 11) is 0. The molecule has 0 aliphatic heterocycles. The summed E-state index contributed by atoms with van der Waals surface area (Å²) in [6.07, 6.45) is 2.11. The number of hydrogen-bond donors (Lipinski definition) is 3. The van der Waals surface area contributed by atoms with E-state index in [9.17, 15) is 14.4 Å². The SMILES string of the molecule is CCC(Sc1cccc(NC(=O)/C(=C\c2ccc(Cl)cc2Cl)NC(=O)c2ccccc2)c1)C(=O)Nc1ccc(C(C)C)cc1. The number of benzene rings is 4. The van der Waals surface area contributed by atoms with Gasteiger partial charge in [-0.05, 0) is 84.1 Å². The van der Waals surface area contributed by atoms with Gasteiger partial charge in [0.2, 0.25) is 5.91 Å². The van der Waals surface area contributed by atoms with Gasteiger partial charge >= 0.3 is 0 Å². The van der Waals surface area contributed by atoms with Crippen LogP contribution >= 0.6 is 35.0 Å². The molecule has 4 aromatic rings. The smallest absolute Gasteiger partial charge is 0.272 e. The Morgan fingerprint density at radius 3 is 2.20 bits per heavy atom. The standard InChI is InChI=1S/C35H33Cl2N3O3S/c1-4-32(35(43)38-27-17-14-23(15-18-27)22(2)3)44-29-12-8-11-28(21-29)39-34(42)31(19-25-13-16-26(36)20-30(25)37)40-33(41)24-9-6-5-7-10-24/h5-22,32H,4H2,1-3H3,(H,38,43)(H,39,42)(H,40,41)/b31-19+. The van der Waals surface area contributed by atoms with Gasteiger partial charge in [0.1, 0.15) is 5.70 Å². The molecule has 1 atom stereocenters. The van der Waals surface area contributed by atoms with Gasteiger partial charge in [0.15, 0.2) is 0 Å². The van der Waals surface area contributed by atoms with Crippen molar-refractivity contribution in [2.75, 3.05) is 10.6 Å². The minimum absolute atomic E-state index is 0.00423. The molecule has 0 spiro atoms. The Labute approximate surface area is 272 Å². The zero-order valence-corrected chi connectivity index (χ0v) is 26.9. The molecule has 9 heteroatoms. The van der Waals surface area contributed by atoms with E-state index in [2.05, 4.69) is 29.8 Å². The fraction of sp³-hybridized carbons (Fsp3) is 0.171. The Kier molecular flexibility index (Phi) is 11.7. The second-order valence-corrected chi connectivity index (χ2v) is 12.4. The molecule has 0 fully saturated rings. The number of carbonyl (C=O) groups excluding carboxylic acids is 3. The van der Waals surface area contributed by atoms with Gasteiger partial charge < -0.3 is 16.0 Å². The van der Waals surface area contributed by atoms with Crippen molar-refractivity contribution in [1.82, 2.24) is 5.32 Å². The van der Waals surface area contributed by atoms with E-state index in [1.807, 2.05) is 37.3 Å². The van der Waals surface area contributed by atoms with Crippen molar-refractivity contribution < 1.29 is 14.4 Å². The van der Waals surface area contributed by atoms with Crippen molar-refractivity contribution in [2.45, 2.75) is 43.3 Å². The summed E-state index contributed by atoms with van der Waals surface area (Å²) in [6, 6.07) is 28.6. The number of amides is 3. The van der Waals surface area contributed by atoms with Crippen molar-refractivity contribution in [3.05, 3.63) is 129 Å². The van der Waals surface area contributed by atoms with E-state index in [1.54, 1.807) is 66.7 Å². The van der Waals surface area contributed by atoms with Gasteiger partial charge in [-0.25, -0.2) is 0 Å². The normalized spacial score (nSPS) is 12.0. The molecule has 0 heterocycles. The van der Waals surface area contributed by atoms with Crippen LogP contribution in [0.2, 0.25) is 10.0 Å². The van der Waals surface area contributed by atoms with E-state index < -0.39 is 11.8 Å². The maximum atomic E-state index is 13.5. The maximum absolute atomic E-state index is 13.5. The lowest BCUT2D eigenvalue weighted by Gasteiger charge is -2.16. The predicted molar refractivity (Wildman–Crippen MR) is 183 cm³/mol. The average Bonchev–Trinajstić information content (AvgIpc) is 3.01. The molecule has 0 aromatic heterocycles. The lowest BCUT2D eigenvalue weighted by molar-refractivity contribution is -0.116. The zero-order valence-electron chi connectivity index (χ0n) is 24.6. The summed E-state index contributed by atoms with van der Waals surface area (Å²) < 4.78 is 0. The minimum Gasteiger partial charge on any atom is -0.325 e. The fourth-order valence-electron chi connectivity index (χ4n) is 4.22. The molecule has 44 heavy (non-hydrogen) atoms. The number of thioether (sulfide) groups is 1. The van der Waals surface area contributed by atoms with Gasteiger partial charge in [0, 0.05) is 31.9 Å². The second-order valence-electron chi connectivity index (χ2n) is 10.3. The number of halogens is 2. The summed E-state index contributed by atoms with van der Waals surface area (Å²) in [4.78, 5) is 40.4. The average molecular weight is 647 g/mol. The van der Waals surface area contributed by atoms with Crippen LogP contribution in [0.5, 0.6) is 0 Å². The quantitative estimate of drug-likeness (QED) is 0.112. The van der Waals surface area contributed by atoms with Gasteiger partial charge in [-0.2, -0.15) is 0 Å². The van der Waals surface area contributed by atoms with Crippen molar-refractivity contribution in [2.24, 2.45) is 0 Å². The first kappa shape index (κ1) is 32.9. The van der Waals surface area contributed by atoms with Crippen molar-refractivity contribution >= 4 is 70.1 Å². The summed E-state index contributed by atoms with van der Waals surface area (Å²) in [5, 5.41) is 9.00. The number of nitrogens with one attached hydrogen (secondary N) is 3. The van der Waals surface area contributed by atoms with Crippen LogP contribution in [0.3, 0.4) is 0 Å². The van der Waals surface area contributed by atoms with Gasteiger partial charge in [0.05, 0.1) is 5.25 Å². The molecule has 6 nitrogen and oxygen atoms in total. The highest BCUT2D eigenvalue weighted by molar-refractivity contribution is 8.00. The third-order valence-electron chi connectivity index (χ3n) is 6.67. The van der Waals surface area contributed by atoms with Crippen LogP contribution in [0, 0.1) is 0 Å². The highest BCUT2D eigenvalue weighted by Gasteiger charge is 2.20. The van der Waals surface area contributed by atoms with Gasteiger partial charge in [-0.1, -0.05) is 86.4 Å². The fourth-order valence-corrected chi connectivity index (χ4v) is 5.70. The molecule has 0 aliphatic carbocycles. The molecular formula is C35H33Cl2N3O3S. The van der Waals surface area contributed by atoms with E-state index in [-0.39, 0.29) is 16.9 Å². The van der Waals surface area contributed by atoms with E-state index in [0.717, 1.165) is 10.6 Å². The van der Waals surface area contributed by atoms with Crippen molar-refractivity contribution in [3.63, 3.8) is 0 Å². The third kappa shape index (κ3) is 9.23. The minimum atomic E-state index is -0.544. The Hall–Kier alpha value is -4.04. The molecule has 226 valence electrons. The lowest BCUT2D eigenvalue weighted by Crippen LogP contribution is -2.30. The van der Waals surface area contributed by atoms with Gasteiger partial charge in [-0.15, -0.1) is 11.8 Å². The highest BCUT2D eigenvalue weighted by atomic mass is 35.5. The number of hydrogen-bond acceptors (Lipinski definition) is 4. The molecule has 4 rings (SSSR count). The predicted octanol–water partition coefficient (Wildman–Crippen LogP) is 9.04. The molecule has 0 saturated carbocycles. The first-order valence-corrected chi connectivity index (χ1v) is 15.8. The van der Waals surface area contributed by atoms with Crippen LogP contribution in [-0.4, -0.2) is 23.0 Å². The van der Waals surface area contributed by atoms with Crippen LogP contribution in [-0.2, 0) is 9.59 Å². The highest BCUT2D eigenvalue weighted by Crippen LogP contribution is 2.29. The molecule has 3 amide bonds. The Balaban J connectivity index is 1.50. The first-order chi connectivity index (χ1) is 21.1. The van der Waals surface area contributed by atoms with Gasteiger partial charge in [0.25, 0.3) is 11.8 Å². The van der Waals surface area contributed by atoms with Crippen molar-refractivity contribution in [3.8, 4) is 0 Å². The van der Waals surface area contributed by atoms with E-state index in [1.165, 1.54) is 23.4 Å². The van der Waals surface area contributed by atoms with Gasteiger partial charge in [-0.3, -0.25) is 14.4 Å². The number of rotatable bonds is 11. The van der Waals surface area contributed by atoms with Crippen molar-refractivity contribution in [1.29, 1.82) is 0 Å². The Morgan fingerprint density at radius 1 is 0.818 bits per heavy atom. The molecule has 1 unspecified atom stereocenters. The molecule has 3 N–H and O–H groups in total.